The Morgan fingerprint density at radius 1 is 1.13 bits per heavy atom. The Morgan fingerprint density at radius 2 is 1.97 bits per heavy atom. The molecule has 4 fully saturated rings. The molecule has 30 heavy (non-hydrogen) atoms. The number of ether oxygens (including phenoxy) is 1. The Balaban J connectivity index is 1.28. The monoisotopic (exact) mass is 413 g/mol. The molecule has 1 aromatic rings. The summed E-state index contributed by atoms with van der Waals surface area (Å²) in [6, 6.07) is 1.93. The van der Waals surface area contributed by atoms with Gasteiger partial charge in [-0.05, 0) is 117 Å². The third-order valence-electron chi connectivity index (χ3n) is 10.4. The van der Waals surface area contributed by atoms with Crippen LogP contribution in [0, 0.1) is 52.8 Å². The van der Waals surface area contributed by atoms with Gasteiger partial charge in [0.15, 0.2) is 0 Å². The lowest BCUT2D eigenvalue weighted by atomic mass is 9.49. The maximum Gasteiger partial charge on any atom is 0.121 e. The van der Waals surface area contributed by atoms with Crippen molar-refractivity contribution in [3.8, 4) is 0 Å². The fraction of sp³-hybridized carbons (Fsp3) is 0.885. The van der Waals surface area contributed by atoms with Gasteiger partial charge in [-0.1, -0.05) is 13.8 Å². The first kappa shape index (κ1) is 20.8. The van der Waals surface area contributed by atoms with Crippen molar-refractivity contribution in [2.75, 3.05) is 19.5 Å². The van der Waals surface area contributed by atoms with E-state index in [1.165, 1.54) is 57.8 Å². The summed E-state index contributed by atoms with van der Waals surface area (Å²) < 4.78 is 7.53. The number of hydrogen-bond acceptors (Lipinski definition) is 3. The van der Waals surface area contributed by atoms with E-state index < -0.39 is 0 Å². The van der Waals surface area contributed by atoms with E-state index in [1.807, 2.05) is 24.1 Å². The molecule has 9 atom stereocenters. The molecule has 1 heterocycles. The van der Waals surface area contributed by atoms with E-state index in [9.17, 15) is 0 Å². The second kappa shape index (κ2) is 8.15. The van der Waals surface area contributed by atoms with E-state index in [4.69, 9.17) is 10.5 Å². The van der Waals surface area contributed by atoms with Crippen LogP contribution in [0.25, 0.3) is 0 Å². The Morgan fingerprint density at radius 3 is 2.73 bits per heavy atom. The fourth-order valence-electron chi connectivity index (χ4n) is 9.21. The fourth-order valence-corrected chi connectivity index (χ4v) is 9.21. The first-order valence-electron chi connectivity index (χ1n) is 12.8. The number of nitrogen functional groups attached to an aromatic ring is 1. The lowest BCUT2D eigenvalue weighted by molar-refractivity contribution is -0.0777. The van der Waals surface area contributed by atoms with E-state index in [1.54, 1.807) is 0 Å². The van der Waals surface area contributed by atoms with E-state index in [2.05, 4.69) is 18.9 Å². The molecular formula is C26H43N3O. The molecule has 4 aliphatic rings. The topological polar surface area (TPSA) is 53.1 Å². The number of aromatic nitrogens is 2. The maximum absolute atomic E-state index is 6.12. The van der Waals surface area contributed by atoms with Crippen LogP contribution in [0.2, 0.25) is 0 Å². The molecular weight excluding hydrogens is 370 g/mol. The number of rotatable bonds is 5. The van der Waals surface area contributed by atoms with Gasteiger partial charge in [0.1, 0.15) is 5.82 Å². The zero-order valence-electron chi connectivity index (χ0n) is 19.4. The number of nitrogens with two attached hydrogens (primary N) is 1. The Labute approximate surface area is 183 Å². The maximum atomic E-state index is 6.12. The smallest absolute Gasteiger partial charge is 0.121 e. The largest absolute Gasteiger partial charge is 0.384 e. The number of anilines is 1. The third-order valence-corrected chi connectivity index (χ3v) is 10.4. The van der Waals surface area contributed by atoms with Gasteiger partial charge in [-0.15, -0.1) is 0 Å². The van der Waals surface area contributed by atoms with Crippen molar-refractivity contribution < 1.29 is 4.74 Å². The van der Waals surface area contributed by atoms with Crippen LogP contribution in [0.15, 0.2) is 12.3 Å². The SMILES string of the molecule is COC[C@H]1CC[C@H]2[C@H](CC[C@@H]3[C@@H]2CC[C@]2(C)[C@@H]([C@H](C)Cn4nccc4N)CC[C@@H]32)C1. The highest BCUT2D eigenvalue weighted by atomic mass is 16.5. The Hall–Kier alpha value is -1.03. The van der Waals surface area contributed by atoms with Crippen molar-refractivity contribution in [1.29, 1.82) is 0 Å². The van der Waals surface area contributed by atoms with Crippen molar-refractivity contribution >= 4 is 5.82 Å². The van der Waals surface area contributed by atoms with Crippen molar-refractivity contribution in [2.24, 2.45) is 52.8 Å². The third kappa shape index (κ3) is 3.42. The van der Waals surface area contributed by atoms with Gasteiger partial charge < -0.3 is 10.5 Å². The molecule has 0 radical (unpaired) electrons. The predicted octanol–water partition coefficient (Wildman–Crippen LogP) is 5.63. The molecule has 0 aliphatic heterocycles. The lowest BCUT2D eigenvalue weighted by Crippen LogP contribution is -2.49. The molecule has 2 N–H and O–H groups in total. The van der Waals surface area contributed by atoms with Crippen LogP contribution in [0.5, 0.6) is 0 Å². The van der Waals surface area contributed by atoms with E-state index in [0.29, 0.717) is 11.3 Å². The molecule has 0 aromatic carbocycles. The van der Waals surface area contributed by atoms with Gasteiger partial charge in [0.05, 0.1) is 6.20 Å². The highest BCUT2D eigenvalue weighted by molar-refractivity contribution is 5.25. The van der Waals surface area contributed by atoms with E-state index >= 15 is 0 Å². The van der Waals surface area contributed by atoms with Gasteiger partial charge in [-0.2, -0.15) is 5.10 Å². The first-order valence-corrected chi connectivity index (χ1v) is 12.8. The average molecular weight is 414 g/mol. The highest BCUT2D eigenvalue weighted by Crippen LogP contribution is 2.65. The molecule has 4 aliphatic carbocycles. The van der Waals surface area contributed by atoms with Crippen LogP contribution in [0.3, 0.4) is 0 Å². The van der Waals surface area contributed by atoms with E-state index in [-0.39, 0.29) is 0 Å². The van der Waals surface area contributed by atoms with Crippen LogP contribution in [0.1, 0.15) is 71.6 Å². The van der Waals surface area contributed by atoms with Gasteiger partial charge in [0.25, 0.3) is 0 Å². The molecule has 168 valence electrons. The number of fused-ring (bicyclic) bond motifs is 5. The van der Waals surface area contributed by atoms with Crippen LogP contribution in [-0.2, 0) is 11.3 Å². The average Bonchev–Trinajstić information content (AvgIpc) is 3.30. The molecule has 0 bridgehead atoms. The molecule has 1 aromatic heterocycles. The summed E-state index contributed by atoms with van der Waals surface area (Å²) in [5.74, 6) is 8.08. The van der Waals surface area contributed by atoms with Gasteiger partial charge in [-0.25, -0.2) is 4.68 Å². The van der Waals surface area contributed by atoms with Crippen molar-refractivity contribution in [2.45, 2.75) is 78.2 Å². The molecule has 0 unspecified atom stereocenters. The summed E-state index contributed by atoms with van der Waals surface area (Å²) in [4.78, 5) is 0. The van der Waals surface area contributed by atoms with Crippen LogP contribution >= 0.6 is 0 Å². The van der Waals surface area contributed by atoms with Crippen molar-refractivity contribution in [3.05, 3.63) is 12.3 Å². The summed E-state index contributed by atoms with van der Waals surface area (Å²) in [7, 11) is 1.88. The molecule has 4 saturated carbocycles. The van der Waals surface area contributed by atoms with E-state index in [0.717, 1.165) is 60.4 Å². The minimum Gasteiger partial charge on any atom is -0.384 e. The van der Waals surface area contributed by atoms with Crippen LogP contribution in [-0.4, -0.2) is 23.5 Å². The first-order chi connectivity index (χ1) is 14.5. The highest BCUT2D eigenvalue weighted by Gasteiger charge is 2.57. The van der Waals surface area contributed by atoms with Gasteiger partial charge in [-0.3, -0.25) is 0 Å². The molecule has 0 saturated heterocycles. The standard InChI is InChI=1S/C26H43N3O/c1-17(15-29-25(27)11-13-28-29)23-8-9-24-22-7-5-19-14-18(16-30-3)4-6-20(19)21(22)10-12-26(23,24)2/h11,13,17-24H,4-10,12,14-16,27H2,1-3H3/t17-,18+,19-,20+,21-,22-,23-,24+,26-/m1/s1. The Bertz CT molecular complexity index is 732. The quantitative estimate of drug-likeness (QED) is 0.680. The number of nitrogens with zero attached hydrogens (tertiary/aromatic N) is 2. The molecule has 4 heteroatoms. The second-order valence-corrected chi connectivity index (χ2v) is 11.7. The summed E-state index contributed by atoms with van der Waals surface area (Å²) in [6.07, 6.45) is 15.0. The molecule has 5 rings (SSSR count). The summed E-state index contributed by atoms with van der Waals surface area (Å²) in [5, 5.41) is 4.47. The zero-order valence-corrected chi connectivity index (χ0v) is 19.4. The normalized spacial score (nSPS) is 44.2. The van der Waals surface area contributed by atoms with Crippen LogP contribution < -0.4 is 5.73 Å². The summed E-state index contributed by atoms with van der Waals surface area (Å²) >= 11 is 0. The van der Waals surface area contributed by atoms with Gasteiger partial charge >= 0.3 is 0 Å². The molecule has 4 nitrogen and oxygen atoms in total. The number of hydrogen-bond donors (Lipinski definition) is 1. The zero-order chi connectivity index (χ0) is 20.9. The molecule has 0 amide bonds. The van der Waals surface area contributed by atoms with Gasteiger partial charge in [0.2, 0.25) is 0 Å². The van der Waals surface area contributed by atoms with Crippen molar-refractivity contribution in [1.82, 2.24) is 9.78 Å². The predicted molar refractivity (Wildman–Crippen MR) is 122 cm³/mol. The van der Waals surface area contributed by atoms with Crippen molar-refractivity contribution in [3.63, 3.8) is 0 Å². The second-order valence-electron chi connectivity index (χ2n) is 11.7. The summed E-state index contributed by atoms with van der Waals surface area (Å²) in [6.45, 7) is 7.08. The van der Waals surface area contributed by atoms with Gasteiger partial charge in [0, 0.05) is 20.3 Å². The minimum atomic E-state index is 0.530. The molecule has 0 spiro atoms. The van der Waals surface area contributed by atoms with Crippen LogP contribution in [0.4, 0.5) is 5.82 Å². The Kier molecular flexibility index (Phi) is 5.66. The summed E-state index contributed by atoms with van der Waals surface area (Å²) in [5.41, 5.74) is 6.65. The lowest BCUT2D eigenvalue weighted by Gasteiger charge is -2.57. The number of methoxy groups -OCH3 is 1. The minimum absolute atomic E-state index is 0.530.